The Morgan fingerprint density at radius 3 is 2.92 bits per heavy atom. The van der Waals surface area contributed by atoms with Crippen LogP contribution < -0.4 is 10.1 Å². The molecule has 2 aromatic carbocycles. The third-order valence-corrected chi connectivity index (χ3v) is 4.46. The van der Waals surface area contributed by atoms with E-state index in [0.717, 1.165) is 23.3 Å². The Kier molecular flexibility index (Phi) is 5.78. The molecule has 1 heterocycles. The van der Waals surface area contributed by atoms with Gasteiger partial charge in [0.05, 0.1) is 5.92 Å². The van der Waals surface area contributed by atoms with E-state index in [1.54, 1.807) is 24.3 Å². The molecule has 0 saturated heterocycles. The van der Waals surface area contributed by atoms with E-state index in [9.17, 15) is 9.59 Å². The van der Waals surface area contributed by atoms with Gasteiger partial charge in [-0.1, -0.05) is 30.7 Å². The highest BCUT2D eigenvalue weighted by atomic mass is 35.5. The van der Waals surface area contributed by atoms with Crippen molar-refractivity contribution in [3.05, 3.63) is 58.6 Å². The number of carbonyl (C=O) groups is 2. The molecule has 1 atom stereocenters. The number of hydrogen-bond acceptors (Lipinski definition) is 4. The number of halogens is 1. The number of nitrogens with one attached hydrogen (secondary N) is 1. The van der Waals surface area contributed by atoms with Gasteiger partial charge in [0.1, 0.15) is 12.4 Å². The van der Waals surface area contributed by atoms with Gasteiger partial charge >= 0.3 is 5.97 Å². The maximum Gasteiger partial charge on any atom is 0.313 e. The topological polar surface area (TPSA) is 64.6 Å². The predicted molar refractivity (Wildman–Crippen MR) is 99.5 cm³/mol. The SMILES string of the molecule is CCc1cccc(NC(=O)COC(=O)[C@H]2COc3ccc(Cl)cc3C2)c1. The molecule has 0 fully saturated rings. The lowest BCUT2D eigenvalue weighted by atomic mass is 9.97. The van der Waals surface area contributed by atoms with E-state index in [4.69, 9.17) is 21.1 Å². The lowest BCUT2D eigenvalue weighted by Crippen LogP contribution is -2.32. The molecular formula is C20H20ClNO4. The van der Waals surface area contributed by atoms with Crippen molar-refractivity contribution >= 4 is 29.2 Å². The second-order valence-electron chi connectivity index (χ2n) is 6.17. The van der Waals surface area contributed by atoms with E-state index in [0.29, 0.717) is 17.1 Å². The van der Waals surface area contributed by atoms with Gasteiger partial charge < -0.3 is 14.8 Å². The zero-order chi connectivity index (χ0) is 18.5. The van der Waals surface area contributed by atoms with Crippen molar-refractivity contribution in [2.24, 2.45) is 5.92 Å². The molecule has 1 N–H and O–H groups in total. The molecule has 1 aliphatic heterocycles. The molecule has 136 valence electrons. The lowest BCUT2D eigenvalue weighted by molar-refractivity contribution is -0.152. The first-order valence-corrected chi connectivity index (χ1v) is 8.89. The maximum atomic E-state index is 12.2. The zero-order valence-corrected chi connectivity index (χ0v) is 15.2. The number of esters is 1. The minimum atomic E-state index is -0.451. The van der Waals surface area contributed by atoms with Crippen LogP contribution in [-0.4, -0.2) is 25.1 Å². The first-order chi connectivity index (χ1) is 12.5. The minimum Gasteiger partial charge on any atom is -0.492 e. The number of aryl methyl sites for hydroxylation is 1. The Morgan fingerprint density at radius 2 is 2.12 bits per heavy atom. The number of rotatable bonds is 5. The molecule has 0 aliphatic carbocycles. The van der Waals surface area contributed by atoms with Crippen molar-refractivity contribution < 1.29 is 19.1 Å². The molecule has 1 aliphatic rings. The molecule has 0 bridgehead atoms. The van der Waals surface area contributed by atoms with Gasteiger partial charge in [0, 0.05) is 10.7 Å². The summed E-state index contributed by atoms with van der Waals surface area (Å²) in [7, 11) is 0. The highest BCUT2D eigenvalue weighted by molar-refractivity contribution is 6.30. The molecule has 5 nitrogen and oxygen atoms in total. The molecule has 0 spiro atoms. The van der Waals surface area contributed by atoms with E-state index < -0.39 is 11.9 Å². The van der Waals surface area contributed by atoms with Crippen LogP contribution in [0.25, 0.3) is 0 Å². The van der Waals surface area contributed by atoms with E-state index in [1.807, 2.05) is 25.1 Å². The van der Waals surface area contributed by atoms with Gasteiger partial charge in [0.2, 0.25) is 0 Å². The van der Waals surface area contributed by atoms with Crippen molar-refractivity contribution in [3.63, 3.8) is 0 Å². The van der Waals surface area contributed by atoms with Crippen LogP contribution in [0.3, 0.4) is 0 Å². The Morgan fingerprint density at radius 1 is 1.27 bits per heavy atom. The Balaban J connectivity index is 1.51. The van der Waals surface area contributed by atoms with Crippen molar-refractivity contribution in [1.82, 2.24) is 0 Å². The number of amides is 1. The second-order valence-corrected chi connectivity index (χ2v) is 6.61. The third kappa shape index (κ3) is 4.55. The van der Waals surface area contributed by atoms with Gasteiger partial charge in [-0.05, 0) is 54.3 Å². The third-order valence-electron chi connectivity index (χ3n) is 4.23. The smallest absolute Gasteiger partial charge is 0.313 e. The van der Waals surface area contributed by atoms with Crippen LogP contribution in [0.15, 0.2) is 42.5 Å². The number of fused-ring (bicyclic) bond motifs is 1. The number of ether oxygens (including phenoxy) is 2. The van der Waals surface area contributed by atoms with Crippen molar-refractivity contribution in [1.29, 1.82) is 0 Å². The van der Waals surface area contributed by atoms with E-state index in [1.165, 1.54) is 0 Å². The van der Waals surface area contributed by atoms with E-state index >= 15 is 0 Å². The summed E-state index contributed by atoms with van der Waals surface area (Å²) in [4.78, 5) is 24.2. The Bertz CT molecular complexity index is 821. The summed E-state index contributed by atoms with van der Waals surface area (Å²) in [6.07, 6.45) is 1.36. The molecule has 0 unspecified atom stereocenters. The van der Waals surface area contributed by atoms with Gasteiger partial charge in [-0.25, -0.2) is 0 Å². The quantitative estimate of drug-likeness (QED) is 0.813. The average Bonchev–Trinajstić information content (AvgIpc) is 2.65. The summed E-state index contributed by atoms with van der Waals surface area (Å²) < 4.78 is 10.7. The number of carbonyl (C=O) groups excluding carboxylic acids is 2. The van der Waals surface area contributed by atoms with Gasteiger partial charge in [-0.3, -0.25) is 9.59 Å². The number of hydrogen-bond donors (Lipinski definition) is 1. The molecule has 0 saturated carbocycles. The van der Waals surface area contributed by atoms with Crippen molar-refractivity contribution in [3.8, 4) is 5.75 Å². The molecule has 6 heteroatoms. The first kappa shape index (κ1) is 18.3. The lowest BCUT2D eigenvalue weighted by Gasteiger charge is -2.24. The Hall–Kier alpha value is -2.53. The Labute approximate surface area is 157 Å². The first-order valence-electron chi connectivity index (χ1n) is 8.52. The van der Waals surface area contributed by atoms with E-state index in [-0.39, 0.29) is 19.1 Å². The van der Waals surface area contributed by atoms with Crippen molar-refractivity contribution in [2.75, 3.05) is 18.5 Å². The molecule has 0 radical (unpaired) electrons. The fraction of sp³-hybridized carbons (Fsp3) is 0.300. The van der Waals surface area contributed by atoms with Crippen LogP contribution in [0.1, 0.15) is 18.1 Å². The van der Waals surface area contributed by atoms with Gasteiger partial charge in [-0.2, -0.15) is 0 Å². The molecule has 2 aromatic rings. The van der Waals surface area contributed by atoms with Crippen LogP contribution >= 0.6 is 11.6 Å². The fourth-order valence-electron chi connectivity index (χ4n) is 2.84. The van der Waals surface area contributed by atoms with Gasteiger partial charge in [0.15, 0.2) is 6.61 Å². The largest absolute Gasteiger partial charge is 0.492 e. The molecule has 0 aromatic heterocycles. The molecule has 26 heavy (non-hydrogen) atoms. The molecule has 1 amide bonds. The van der Waals surface area contributed by atoms with Crippen LogP contribution in [-0.2, 0) is 27.2 Å². The normalized spacial score (nSPS) is 15.5. The highest BCUT2D eigenvalue weighted by Crippen LogP contribution is 2.30. The summed E-state index contributed by atoms with van der Waals surface area (Å²) in [5, 5.41) is 3.33. The van der Waals surface area contributed by atoms with Gasteiger partial charge in [-0.15, -0.1) is 0 Å². The summed E-state index contributed by atoms with van der Waals surface area (Å²) in [6, 6.07) is 12.9. The average molecular weight is 374 g/mol. The molecular weight excluding hydrogens is 354 g/mol. The summed E-state index contributed by atoms with van der Waals surface area (Å²) in [5.74, 6) is -0.538. The minimum absolute atomic E-state index is 0.230. The maximum absolute atomic E-state index is 12.2. The highest BCUT2D eigenvalue weighted by Gasteiger charge is 2.28. The standard InChI is InChI=1S/C20H20ClNO4/c1-2-13-4-3-5-17(8-13)22-19(23)12-26-20(24)15-9-14-10-16(21)6-7-18(14)25-11-15/h3-8,10,15H,2,9,11-12H2,1H3,(H,22,23)/t15-/m1/s1. The number of benzene rings is 2. The van der Waals surface area contributed by atoms with Crippen LogP contribution in [0.2, 0.25) is 5.02 Å². The van der Waals surface area contributed by atoms with Crippen LogP contribution in [0.5, 0.6) is 5.75 Å². The monoisotopic (exact) mass is 373 g/mol. The fourth-order valence-corrected chi connectivity index (χ4v) is 3.03. The van der Waals surface area contributed by atoms with Crippen LogP contribution in [0.4, 0.5) is 5.69 Å². The van der Waals surface area contributed by atoms with Crippen molar-refractivity contribution in [2.45, 2.75) is 19.8 Å². The summed E-state index contributed by atoms with van der Waals surface area (Å²) >= 11 is 5.98. The second kappa shape index (κ2) is 8.23. The van der Waals surface area contributed by atoms with Gasteiger partial charge in [0.25, 0.3) is 5.91 Å². The van der Waals surface area contributed by atoms with Crippen LogP contribution in [0, 0.1) is 5.92 Å². The number of anilines is 1. The zero-order valence-electron chi connectivity index (χ0n) is 14.5. The predicted octanol–water partition coefficient (Wildman–Crippen LogP) is 3.64. The summed E-state index contributed by atoms with van der Waals surface area (Å²) in [6.45, 7) is 1.95. The molecule has 3 rings (SSSR count). The van der Waals surface area contributed by atoms with E-state index in [2.05, 4.69) is 5.32 Å². The summed E-state index contributed by atoms with van der Waals surface area (Å²) in [5.41, 5.74) is 2.68.